The summed E-state index contributed by atoms with van der Waals surface area (Å²) in [6, 6.07) is 19.6. The Morgan fingerprint density at radius 3 is 2.47 bits per heavy atom. The summed E-state index contributed by atoms with van der Waals surface area (Å²) in [5.41, 5.74) is 3.88. The first-order valence-electron chi connectivity index (χ1n) is 11.0. The Bertz CT molecular complexity index is 1390. The fraction of sp³-hybridized carbons (Fsp3) is 0.185. The first-order valence-corrected chi connectivity index (χ1v) is 11.4. The summed E-state index contributed by atoms with van der Waals surface area (Å²) in [6.07, 6.45) is 1.50. The molecule has 0 atom stereocenters. The monoisotopic (exact) mass is 475 g/mol. The number of benzene rings is 3. The molecule has 1 heterocycles. The van der Waals surface area contributed by atoms with Gasteiger partial charge in [0, 0.05) is 42.3 Å². The molecule has 0 N–H and O–H groups in total. The lowest BCUT2D eigenvalue weighted by Crippen LogP contribution is -2.33. The van der Waals surface area contributed by atoms with E-state index in [-0.39, 0.29) is 5.02 Å². The van der Waals surface area contributed by atoms with Crippen LogP contribution in [0.3, 0.4) is 0 Å². The number of nitriles is 1. The zero-order chi connectivity index (χ0) is 24.2. The average Bonchev–Trinajstić information content (AvgIpc) is 3.24. The highest BCUT2D eigenvalue weighted by Gasteiger charge is 2.20. The fourth-order valence-corrected chi connectivity index (χ4v) is 4.13. The van der Waals surface area contributed by atoms with Crippen LogP contribution in [0.5, 0.6) is 5.75 Å². The maximum atomic E-state index is 13.9. The number of nitrogens with zero attached hydrogens (tertiary/aromatic N) is 3. The molecule has 5 nitrogen and oxygen atoms in total. The Balaban J connectivity index is 1.81. The zero-order valence-corrected chi connectivity index (χ0v) is 19.6. The summed E-state index contributed by atoms with van der Waals surface area (Å²) in [4.78, 5) is 14.3. The Hall–Kier alpha value is -3.82. The topological polar surface area (TPSA) is 58.3 Å². The van der Waals surface area contributed by atoms with Crippen LogP contribution < -0.4 is 4.74 Å². The summed E-state index contributed by atoms with van der Waals surface area (Å²) in [5.74, 6) is -0.138. The molecule has 0 aliphatic heterocycles. The smallest absolute Gasteiger partial charge is 0.410 e. The van der Waals surface area contributed by atoms with Crippen molar-refractivity contribution in [1.29, 1.82) is 5.26 Å². The second kappa shape index (κ2) is 9.98. The van der Waals surface area contributed by atoms with Gasteiger partial charge in [0.05, 0.1) is 16.7 Å². The van der Waals surface area contributed by atoms with Crippen LogP contribution in [0.25, 0.3) is 22.0 Å². The van der Waals surface area contributed by atoms with Crippen molar-refractivity contribution in [3.8, 4) is 22.9 Å². The number of fused-ring (bicyclic) bond motifs is 1. The van der Waals surface area contributed by atoms with Gasteiger partial charge in [-0.15, -0.1) is 0 Å². The third kappa shape index (κ3) is 4.61. The van der Waals surface area contributed by atoms with Crippen molar-refractivity contribution in [3.63, 3.8) is 0 Å². The molecule has 0 unspecified atom stereocenters. The number of ether oxygens (including phenoxy) is 1. The summed E-state index contributed by atoms with van der Waals surface area (Å²) in [5, 5.41) is 9.87. The molecule has 0 aliphatic carbocycles. The molecule has 0 spiro atoms. The van der Waals surface area contributed by atoms with Gasteiger partial charge in [-0.1, -0.05) is 29.8 Å². The molecular formula is C27H23ClFN3O2. The predicted molar refractivity (Wildman–Crippen MR) is 132 cm³/mol. The van der Waals surface area contributed by atoms with Crippen molar-refractivity contribution in [2.75, 3.05) is 13.1 Å². The molecule has 0 bridgehead atoms. The molecule has 0 fully saturated rings. The molecule has 172 valence electrons. The molecular weight excluding hydrogens is 453 g/mol. The van der Waals surface area contributed by atoms with Crippen LogP contribution in [-0.2, 0) is 6.54 Å². The van der Waals surface area contributed by atoms with Gasteiger partial charge in [0.1, 0.15) is 11.6 Å². The molecule has 0 saturated heterocycles. The Morgan fingerprint density at radius 2 is 1.82 bits per heavy atom. The lowest BCUT2D eigenvalue weighted by Gasteiger charge is -2.20. The number of amides is 1. The molecule has 0 aliphatic rings. The molecule has 1 aromatic heterocycles. The highest BCUT2D eigenvalue weighted by atomic mass is 35.5. The van der Waals surface area contributed by atoms with Crippen molar-refractivity contribution < 1.29 is 13.9 Å². The Kier molecular flexibility index (Phi) is 6.85. The normalized spacial score (nSPS) is 10.8. The van der Waals surface area contributed by atoms with E-state index in [1.807, 2.05) is 44.3 Å². The number of halogens is 2. The number of aromatic nitrogens is 1. The largest absolute Gasteiger partial charge is 0.415 e. The van der Waals surface area contributed by atoms with E-state index in [1.165, 1.54) is 6.07 Å². The molecule has 7 heteroatoms. The number of hydrogen-bond donors (Lipinski definition) is 0. The van der Waals surface area contributed by atoms with E-state index in [4.69, 9.17) is 21.6 Å². The van der Waals surface area contributed by atoms with Crippen molar-refractivity contribution in [2.45, 2.75) is 20.4 Å². The van der Waals surface area contributed by atoms with Crippen LogP contribution in [0, 0.1) is 17.1 Å². The minimum absolute atomic E-state index is 0.00691. The van der Waals surface area contributed by atoms with Gasteiger partial charge >= 0.3 is 6.09 Å². The third-order valence-corrected chi connectivity index (χ3v) is 6.07. The van der Waals surface area contributed by atoms with Gasteiger partial charge in [-0.3, -0.25) is 0 Å². The minimum Gasteiger partial charge on any atom is -0.410 e. The van der Waals surface area contributed by atoms with Gasteiger partial charge in [0.2, 0.25) is 0 Å². The fourth-order valence-electron chi connectivity index (χ4n) is 3.95. The van der Waals surface area contributed by atoms with Gasteiger partial charge in [-0.05, 0) is 67.4 Å². The van der Waals surface area contributed by atoms with Gasteiger partial charge < -0.3 is 14.2 Å². The van der Waals surface area contributed by atoms with Crippen molar-refractivity contribution >= 4 is 28.6 Å². The van der Waals surface area contributed by atoms with Crippen molar-refractivity contribution in [1.82, 2.24) is 9.47 Å². The second-order valence-electron chi connectivity index (χ2n) is 7.79. The highest BCUT2D eigenvalue weighted by Crippen LogP contribution is 2.39. The molecule has 3 aromatic carbocycles. The van der Waals surface area contributed by atoms with Crippen LogP contribution in [0.4, 0.5) is 9.18 Å². The van der Waals surface area contributed by atoms with E-state index >= 15 is 0 Å². The first-order chi connectivity index (χ1) is 16.4. The maximum absolute atomic E-state index is 13.9. The maximum Gasteiger partial charge on any atom is 0.415 e. The molecule has 4 rings (SSSR count). The van der Waals surface area contributed by atoms with Crippen LogP contribution >= 0.6 is 11.6 Å². The van der Waals surface area contributed by atoms with Crippen LogP contribution in [0.2, 0.25) is 5.02 Å². The van der Waals surface area contributed by atoms with Crippen LogP contribution in [0.1, 0.15) is 25.0 Å². The standard InChI is InChI=1S/C27H23ClFN3O2/c1-3-31(4-2)27(33)34-25-12-11-24-21(26(25)20-9-10-23(29)22(28)15-20)13-14-32(24)17-19-7-5-18(16-30)6-8-19/h5-15H,3-4,17H2,1-2H3. The third-order valence-electron chi connectivity index (χ3n) is 5.78. The van der Waals surface area contributed by atoms with E-state index in [2.05, 4.69) is 10.6 Å². The SMILES string of the molecule is CCN(CC)C(=O)Oc1ccc2c(ccn2Cc2ccc(C#N)cc2)c1-c1ccc(F)c(Cl)c1. The van der Waals surface area contributed by atoms with Crippen molar-refractivity contribution in [2.24, 2.45) is 0 Å². The summed E-state index contributed by atoms with van der Waals surface area (Å²) in [6.45, 7) is 5.42. The van der Waals surface area contributed by atoms with Crippen LogP contribution in [-0.4, -0.2) is 28.6 Å². The number of rotatable bonds is 6. The zero-order valence-electron chi connectivity index (χ0n) is 18.9. The molecule has 4 aromatic rings. The average molecular weight is 476 g/mol. The van der Waals surface area contributed by atoms with Gasteiger partial charge in [0.25, 0.3) is 0 Å². The lowest BCUT2D eigenvalue weighted by molar-refractivity contribution is 0.157. The van der Waals surface area contributed by atoms with Crippen LogP contribution in [0.15, 0.2) is 66.9 Å². The molecule has 1 amide bonds. The Labute approximate surface area is 202 Å². The number of carbonyl (C=O) groups is 1. The Morgan fingerprint density at radius 1 is 1.09 bits per heavy atom. The molecule has 34 heavy (non-hydrogen) atoms. The first kappa shape index (κ1) is 23.3. The lowest BCUT2D eigenvalue weighted by atomic mass is 10.0. The summed E-state index contributed by atoms with van der Waals surface area (Å²) < 4.78 is 21.7. The minimum atomic E-state index is -0.516. The number of hydrogen-bond acceptors (Lipinski definition) is 3. The van der Waals surface area contributed by atoms with E-state index in [0.29, 0.717) is 42.1 Å². The van der Waals surface area contributed by atoms with E-state index in [1.54, 1.807) is 35.2 Å². The van der Waals surface area contributed by atoms with Gasteiger partial charge in [0.15, 0.2) is 0 Å². The highest BCUT2D eigenvalue weighted by molar-refractivity contribution is 6.31. The number of carbonyl (C=O) groups excluding carboxylic acids is 1. The summed E-state index contributed by atoms with van der Waals surface area (Å²) in [7, 11) is 0. The van der Waals surface area contributed by atoms with E-state index < -0.39 is 11.9 Å². The van der Waals surface area contributed by atoms with Gasteiger partial charge in [-0.2, -0.15) is 5.26 Å². The molecule has 0 saturated carbocycles. The second-order valence-corrected chi connectivity index (χ2v) is 8.20. The quantitative estimate of drug-likeness (QED) is 0.306. The van der Waals surface area contributed by atoms with Crippen molar-refractivity contribution in [3.05, 3.63) is 88.8 Å². The molecule has 0 radical (unpaired) electrons. The van der Waals surface area contributed by atoms with E-state index in [0.717, 1.165) is 16.5 Å². The summed E-state index contributed by atoms with van der Waals surface area (Å²) >= 11 is 6.09. The van der Waals surface area contributed by atoms with E-state index in [9.17, 15) is 9.18 Å². The predicted octanol–water partition coefficient (Wildman–Crippen LogP) is 6.86. The van der Waals surface area contributed by atoms with Gasteiger partial charge in [-0.25, -0.2) is 9.18 Å².